The maximum absolute atomic E-state index is 12.1. The molecule has 0 saturated carbocycles. The van der Waals surface area contributed by atoms with Crippen molar-refractivity contribution in [2.45, 2.75) is 11.3 Å². The van der Waals surface area contributed by atoms with E-state index in [1.807, 2.05) is 0 Å². The smallest absolute Gasteiger partial charge is 0.338 e. The molecule has 18 heavy (non-hydrogen) atoms. The molecule has 1 aromatic carbocycles. The third-order valence-electron chi connectivity index (χ3n) is 1.95. The summed E-state index contributed by atoms with van der Waals surface area (Å²) in [6.45, 7) is 0. The first-order valence-corrected chi connectivity index (χ1v) is 6.80. The molecule has 1 N–H and O–H groups in total. The number of sulfone groups is 1. The van der Waals surface area contributed by atoms with Crippen molar-refractivity contribution in [1.82, 2.24) is 0 Å². The fraction of sp³-hybridized carbons (Fsp3) is 0.222. The predicted octanol–water partition coefficient (Wildman–Crippen LogP) is 2.73. The SMILES string of the molecule is O=C(O)c1c(Cl)ccc(S(=O)(=O)CC(F)F)c1Cl. The zero-order valence-corrected chi connectivity index (χ0v) is 10.9. The van der Waals surface area contributed by atoms with Crippen LogP contribution >= 0.6 is 23.2 Å². The number of carboxylic acid groups (broad SMARTS) is 1. The van der Waals surface area contributed by atoms with E-state index in [1.54, 1.807) is 0 Å². The zero-order valence-electron chi connectivity index (χ0n) is 8.53. The molecule has 0 bridgehead atoms. The molecule has 0 aromatic heterocycles. The van der Waals surface area contributed by atoms with Crippen molar-refractivity contribution in [3.8, 4) is 0 Å². The van der Waals surface area contributed by atoms with Crippen LogP contribution in [0.2, 0.25) is 10.0 Å². The van der Waals surface area contributed by atoms with Crippen LogP contribution in [0.5, 0.6) is 0 Å². The lowest BCUT2D eigenvalue weighted by Crippen LogP contribution is -2.15. The first kappa shape index (κ1) is 15.1. The second-order valence-corrected chi connectivity index (χ2v) is 6.00. The maximum atomic E-state index is 12.1. The highest BCUT2D eigenvalue weighted by Gasteiger charge is 2.27. The molecule has 1 rings (SSSR count). The molecule has 1 aromatic rings. The summed E-state index contributed by atoms with van der Waals surface area (Å²) >= 11 is 11.1. The number of rotatable bonds is 4. The first-order valence-electron chi connectivity index (χ1n) is 4.39. The van der Waals surface area contributed by atoms with Gasteiger partial charge in [0, 0.05) is 0 Å². The molecule has 0 aliphatic heterocycles. The Morgan fingerprint density at radius 1 is 1.33 bits per heavy atom. The minimum atomic E-state index is -4.37. The van der Waals surface area contributed by atoms with Gasteiger partial charge in [-0.3, -0.25) is 0 Å². The first-order chi connectivity index (χ1) is 8.16. The van der Waals surface area contributed by atoms with E-state index in [2.05, 4.69) is 0 Å². The molecule has 0 aliphatic carbocycles. The maximum Gasteiger partial charge on any atom is 0.338 e. The van der Waals surface area contributed by atoms with E-state index in [1.165, 1.54) is 0 Å². The van der Waals surface area contributed by atoms with Crippen LogP contribution in [0.3, 0.4) is 0 Å². The second kappa shape index (κ2) is 5.38. The van der Waals surface area contributed by atoms with Gasteiger partial charge in [-0.15, -0.1) is 0 Å². The van der Waals surface area contributed by atoms with Gasteiger partial charge in [0.05, 0.1) is 20.5 Å². The number of alkyl halides is 2. The Kier molecular flexibility index (Phi) is 4.52. The van der Waals surface area contributed by atoms with E-state index >= 15 is 0 Å². The highest BCUT2D eigenvalue weighted by molar-refractivity contribution is 7.91. The Morgan fingerprint density at radius 3 is 2.33 bits per heavy atom. The van der Waals surface area contributed by atoms with Gasteiger partial charge in [-0.2, -0.15) is 0 Å². The van der Waals surface area contributed by atoms with E-state index in [9.17, 15) is 22.0 Å². The van der Waals surface area contributed by atoms with Gasteiger partial charge in [0.15, 0.2) is 9.84 Å². The minimum Gasteiger partial charge on any atom is -0.478 e. The van der Waals surface area contributed by atoms with Gasteiger partial charge < -0.3 is 5.11 Å². The van der Waals surface area contributed by atoms with Crippen molar-refractivity contribution in [1.29, 1.82) is 0 Å². The fourth-order valence-corrected chi connectivity index (χ4v) is 3.27. The van der Waals surface area contributed by atoms with Crippen LogP contribution in [0, 0.1) is 0 Å². The topological polar surface area (TPSA) is 71.4 Å². The van der Waals surface area contributed by atoms with Crippen LogP contribution < -0.4 is 0 Å². The van der Waals surface area contributed by atoms with E-state index in [0.717, 1.165) is 12.1 Å². The summed E-state index contributed by atoms with van der Waals surface area (Å²) in [6, 6.07) is 1.88. The summed E-state index contributed by atoms with van der Waals surface area (Å²) in [7, 11) is -4.37. The Balaban J connectivity index is 3.45. The van der Waals surface area contributed by atoms with Crippen molar-refractivity contribution >= 4 is 39.0 Å². The van der Waals surface area contributed by atoms with Gasteiger partial charge in [-0.05, 0) is 12.1 Å². The molecule has 0 spiro atoms. The summed E-state index contributed by atoms with van der Waals surface area (Å²) in [5.74, 6) is -2.98. The summed E-state index contributed by atoms with van der Waals surface area (Å²) < 4.78 is 47.3. The van der Waals surface area contributed by atoms with Crippen molar-refractivity contribution in [2.75, 3.05) is 5.75 Å². The molecular weight excluding hydrogens is 313 g/mol. The molecule has 0 atom stereocenters. The Bertz CT molecular complexity index is 586. The van der Waals surface area contributed by atoms with E-state index in [4.69, 9.17) is 28.3 Å². The van der Waals surface area contributed by atoms with Gasteiger partial charge >= 0.3 is 5.97 Å². The van der Waals surface area contributed by atoms with Gasteiger partial charge in [-0.1, -0.05) is 23.2 Å². The molecule has 9 heteroatoms. The number of hydrogen-bond acceptors (Lipinski definition) is 3. The largest absolute Gasteiger partial charge is 0.478 e. The van der Waals surface area contributed by atoms with Crippen molar-refractivity contribution in [2.24, 2.45) is 0 Å². The molecule has 100 valence electrons. The predicted molar refractivity (Wildman–Crippen MR) is 61.5 cm³/mol. The van der Waals surface area contributed by atoms with Gasteiger partial charge in [0.25, 0.3) is 6.43 Å². The number of halogens is 4. The summed E-state index contributed by atoms with van der Waals surface area (Å²) in [6.07, 6.45) is -3.09. The molecule has 0 fully saturated rings. The normalized spacial score (nSPS) is 11.8. The highest BCUT2D eigenvalue weighted by Crippen LogP contribution is 2.32. The highest BCUT2D eigenvalue weighted by atomic mass is 35.5. The fourth-order valence-electron chi connectivity index (χ4n) is 1.23. The monoisotopic (exact) mass is 318 g/mol. The molecular formula is C9H6Cl2F2O4S. The van der Waals surface area contributed by atoms with Crippen LogP contribution in [0.1, 0.15) is 10.4 Å². The van der Waals surface area contributed by atoms with Crippen molar-refractivity contribution in [3.63, 3.8) is 0 Å². The molecule has 0 saturated heterocycles. The summed E-state index contributed by atoms with van der Waals surface area (Å²) in [4.78, 5) is 10.2. The van der Waals surface area contributed by atoms with Crippen LogP contribution in [-0.2, 0) is 9.84 Å². The molecule has 0 unspecified atom stereocenters. The number of carbonyl (C=O) groups is 1. The van der Waals surface area contributed by atoms with Crippen LogP contribution in [-0.4, -0.2) is 31.7 Å². The van der Waals surface area contributed by atoms with Gasteiger partial charge in [0.1, 0.15) is 5.75 Å². The van der Waals surface area contributed by atoms with E-state index in [0.29, 0.717) is 0 Å². The summed E-state index contributed by atoms with van der Waals surface area (Å²) in [5.41, 5.74) is -0.631. The van der Waals surface area contributed by atoms with Crippen molar-refractivity contribution < 1.29 is 27.1 Å². The molecule has 0 heterocycles. The quantitative estimate of drug-likeness (QED) is 0.926. The Labute approximate surface area is 111 Å². The zero-order chi connectivity index (χ0) is 14.1. The molecule has 4 nitrogen and oxygen atoms in total. The minimum absolute atomic E-state index is 0.275. The number of hydrogen-bond donors (Lipinski definition) is 1. The lowest BCUT2D eigenvalue weighted by molar-refractivity contribution is 0.0697. The molecule has 0 aliphatic rings. The van der Waals surface area contributed by atoms with Gasteiger partial charge in [0.2, 0.25) is 0 Å². The average molecular weight is 319 g/mol. The van der Waals surface area contributed by atoms with Crippen LogP contribution in [0.25, 0.3) is 0 Å². The third-order valence-corrected chi connectivity index (χ3v) is 4.47. The standard InChI is InChI=1S/C9H6Cl2F2O4S/c10-4-1-2-5(8(11)7(4)9(14)15)18(16,17)3-6(12)13/h1-2,6H,3H2,(H,14,15). The third kappa shape index (κ3) is 3.09. The van der Waals surface area contributed by atoms with Gasteiger partial charge in [-0.25, -0.2) is 22.0 Å². The van der Waals surface area contributed by atoms with Crippen LogP contribution in [0.4, 0.5) is 8.78 Å². The second-order valence-electron chi connectivity index (χ2n) is 3.21. The Morgan fingerprint density at radius 2 is 1.89 bits per heavy atom. The van der Waals surface area contributed by atoms with E-state index < -0.39 is 43.5 Å². The number of aromatic carboxylic acids is 1. The lowest BCUT2D eigenvalue weighted by Gasteiger charge is -2.09. The van der Waals surface area contributed by atoms with E-state index in [-0.39, 0.29) is 5.02 Å². The van der Waals surface area contributed by atoms with Crippen molar-refractivity contribution in [3.05, 3.63) is 27.7 Å². The lowest BCUT2D eigenvalue weighted by atomic mass is 10.2. The molecule has 0 amide bonds. The molecule has 0 radical (unpaired) electrons. The Hall–Kier alpha value is -0.920. The number of benzene rings is 1. The average Bonchev–Trinajstić information content (AvgIpc) is 2.13. The van der Waals surface area contributed by atoms with Crippen LogP contribution in [0.15, 0.2) is 17.0 Å². The summed E-state index contributed by atoms with van der Waals surface area (Å²) in [5, 5.41) is 7.86. The number of carboxylic acids is 1.